The summed E-state index contributed by atoms with van der Waals surface area (Å²) < 4.78 is 13.0. The number of aromatic nitrogens is 3. The van der Waals surface area contributed by atoms with Crippen LogP contribution in [0.4, 0.5) is 0 Å². The van der Waals surface area contributed by atoms with Crippen LogP contribution in [0.2, 0.25) is 0 Å². The van der Waals surface area contributed by atoms with Gasteiger partial charge in [0.05, 0.1) is 7.11 Å². The molecule has 1 saturated heterocycles. The number of hydrogen-bond acceptors (Lipinski definition) is 6. The van der Waals surface area contributed by atoms with E-state index in [1.807, 2.05) is 19.1 Å². The van der Waals surface area contributed by atoms with Gasteiger partial charge in [0.2, 0.25) is 10.8 Å². The topological polar surface area (TPSA) is 73.3 Å². The Hall–Kier alpha value is -2.16. The summed E-state index contributed by atoms with van der Waals surface area (Å²) in [5.74, 6) is 1.73. The summed E-state index contributed by atoms with van der Waals surface area (Å²) in [5.41, 5.74) is 1.10. The van der Waals surface area contributed by atoms with Crippen molar-refractivity contribution in [3.05, 3.63) is 40.5 Å². The molecule has 8 heteroatoms. The van der Waals surface area contributed by atoms with Crippen molar-refractivity contribution in [1.29, 1.82) is 0 Å². The average Bonchev–Trinajstić information content (AvgIpc) is 3.21. The highest BCUT2D eigenvalue weighted by Crippen LogP contribution is 2.36. The third-order valence-electron chi connectivity index (χ3n) is 5.22. The van der Waals surface area contributed by atoms with E-state index < -0.39 is 0 Å². The van der Waals surface area contributed by atoms with Gasteiger partial charge in [-0.05, 0) is 26.0 Å². The minimum absolute atomic E-state index is 0.0394. The predicted octanol–water partition coefficient (Wildman–Crippen LogP) is 1.85. The second kappa shape index (κ2) is 7.69. The number of methoxy groups -OCH3 is 1. The van der Waals surface area contributed by atoms with Crippen LogP contribution in [0.3, 0.4) is 0 Å². The average molecular weight is 404 g/mol. The van der Waals surface area contributed by atoms with Crippen LogP contribution >= 0.6 is 11.3 Å². The van der Waals surface area contributed by atoms with Crippen LogP contribution in [0.25, 0.3) is 4.96 Å². The predicted molar refractivity (Wildman–Crippen MR) is 107 cm³/mol. The van der Waals surface area contributed by atoms with Gasteiger partial charge in [-0.15, -0.1) is 5.10 Å². The van der Waals surface area contributed by atoms with Crippen LogP contribution in [0, 0.1) is 0 Å². The second-order valence-electron chi connectivity index (χ2n) is 7.40. The zero-order chi connectivity index (χ0) is 19.8. The SMILES string of the molecule is CCc1nc2sc([C@@H](c3cccc(OC)c3)[NH+]3C[C@@H](C)O[C@@H](C)C3)c(O)n2n1. The Morgan fingerprint density at radius 1 is 1.36 bits per heavy atom. The number of nitrogens with zero attached hydrogens (tertiary/aromatic N) is 3. The van der Waals surface area contributed by atoms with Gasteiger partial charge in [0.25, 0.3) is 0 Å². The molecule has 0 saturated carbocycles. The van der Waals surface area contributed by atoms with E-state index in [2.05, 4.69) is 36.1 Å². The lowest BCUT2D eigenvalue weighted by Crippen LogP contribution is -3.15. The van der Waals surface area contributed by atoms with E-state index >= 15 is 0 Å². The molecule has 1 fully saturated rings. The molecule has 0 radical (unpaired) electrons. The molecule has 0 spiro atoms. The molecule has 150 valence electrons. The number of fused-ring (bicyclic) bond motifs is 1. The highest BCUT2D eigenvalue weighted by molar-refractivity contribution is 7.17. The van der Waals surface area contributed by atoms with Crippen molar-refractivity contribution in [1.82, 2.24) is 14.6 Å². The summed E-state index contributed by atoms with van der Waals surface area (Å²) in [4.78, 5) is 7.51. The van der Waals surface area contributed by atoms with E-state index in [4.69, 9.17) is 9.47 Å². The fourth-order valence-corrected chi connectivity index (χ4v) is 5.23. The van der Waals surface area contributed by atoms with Gasteiger partial charge in [-0.1, -0.05) is 30.4 Å². The third kappa shape index (κ3) is 3.47. The van der Waals surface area contributed by atoms with Crippen molar-refractivity contribution in [3.63, 3.8) is 0 Å². The molecular weight excluding hydrogens is 376 g/mol. The molecule has 0 aliphatic carbocycles. The van der Waals surface area contributed by atoms with E-state index in [0.717, 1.165) is 46.5 Å². The van der Waals surface area contributed by atoms with Crippen molar-refractivity contribution in [2.45, 2.75) is 45.4 Å². The Bertz CT molecular complexity index is 960. The molecule has 1 aliphatic rings. The number of thiazole rings is 1. The first-order valence-corrected chi connectivity index (χ1v) is 10.5. The molecule has 3 heterocycles. The van der Waals surface area contributed by atoms with E-state index in [-0.39, 0.29) is 24.1 Å². The zero-order valence-electron chi connectivity index (χ0n) is 16.7. The van der Waals surface area contributed by atoms with Crippen LogP contribution in [0.5, 0.6) is 11.6 Å². The van der Waals surface area contributed by atoms with E-state index in [1.165, 1.54) is 16.2 Å². The molecule has 1 aliphatic heterocycles. The first kappa shape index (κ1) is 19.2. The Kier molecular flexibility index (Phi) is 5.27. The monoisotopic (exact) mass is 403 g/mol. The van der Waals surface area contributed by atoms with Crippen molar-refractivity contribution in [2.24, 2.45) is 0 Å². The molecule has 4 atom stereocenters. The van der Waals surface area contributed by atoms with Crippen molar-refractivity contribution in [2.75, 3.05) is 20.2 Å². The molecule has 0 bridgehead atoms. The minimum Gasteiger partial charge on any atom is -0.497 e. The molecule has 1 aromatic carbocycles. The van der Waals surface area contributed by atoms with Gasteiger partial charge < -0.3 is 19.5 Å². The second-order valence-corrected chi connectivity index (χ2v) is 8.41. The van der Waals surface area contributed by atoms with Gasteiger partial charge in [-0.25, -0.2) is 4.98 Å². The number of benzene rings is 1. The van der Waals surface area contributed by atoms with Crippen LogP contribution in [-0.4, -0.2) is 52.1 Å². The molecule has 1 unspecified atom stereocenters. The summed E-state index contributed by atoms with van der Waals surface area (Å²) in [7, 11) is 1.67. The molecule has 28 heavy (non-hydrogen) atoms. The zero-order valence-corrected chi connectivity index (χ0v) is 17.5. The number of rotatable bonds is 5. The minimum atomic E-state index is -0.0394. The summed E-state index contributed by atoms with van der Waals surface area (Å²) in [6.07, 6.45) is 1.05. The van der Waals surface area contributed by atoms with Gasteiger partial charge in [0.1, 0.15) is 35.9 Å². The molecule has 4 rings (SSSR count). The maximum atomic E-state index is 11.0. The van der Waals surface area contributed by atoms with E-state index in [0.29, 0.717) is 0 Å². The lowest BCUT2D eigenvalue weighted by atomic mass is 10.0. The largest absolute Gasteiger partial charge is 0.497 e. The Morgan fingerprint density at radius 3 is 2.75 bits per heavy atom. The normalized spacial score (nSPS) is 23.8. The van der Waals surface area contributed by atoms with Crippen molar-refractivity contribution >= 4 is 16.3 Å². The summed E-state index contributed by atoms with van der Waals surface area (Å²) >= 11 is 1.51. The summed E-state index contributed by atoms with van der Waals surface area (Å²) in [6.45, 7) is 7.94. The summed E-state index contributed by atoms with van der Waals surface area (Å²) in [6, 6.07) is 8.04. The van der Waals surface area contributed by atoms with Gasteiger partial charge in [-0.2, -0.15) is 4.52 Å². The maximum absolute atomic E-state index is 11.0. The number of hydrogen-bond donors (Lipinski definition) is 2. The van der Waals surface area contributed by atoms with E-state index in [9.17, 15) is 5.11 Å². The van der Waals surface area contributed by atoms with Crippen molar-refractivity contribution in [3.8, 4) is 11.6 Å². The highest BCUT2D eigenvalue weighted by Gasteiger charge is 2.37. The Balaban J connectivity index is 1.82. The smallest absolute Gasteiger partial charge is 0.235 e. The first-order valence-electron chi connectivity index (χ1n) is 9.71. The van der Waals surface area contributed by atoms with Gasteiger partial charge in [0, 0.05) is 12.0 Å². The van der Waals surface area contributed by atoms with Crippen molar-refractivity contribution < 1.29 is 19.5 Å². The molecule has 3 aromatic rings. The highest BCUT2D eigenvalue weighted by atomic mass is 32.1. The van der Waals surface area contributed by atoms with Gasteiger partial charge in [-0.3, -0.25) is 0 Å². The molecule has 0 amide bonds. The number of ether oxygens (including phenoxy) is 2. The number of quaternary nitrogens is 1. The Morgan fingerprint density at radius 2 is 2.11 bits per heavy atom. The van der Waals surface area contributed by atoms with Crippen LogP contribution in [0.1, 0.15) is 43.1 Å². The quantitative estimate of drug-likeness (QED) is 0.680. The molecule has 2 aromatic heterocycles. The third-order valence-corrected chi connectivity index (χ3v) is 6.31. The lowest BCUT2D eigenvalue weighted by molar-refractivity contribution is -0.939. The molecular formula is C20H27N4O3S+. The number of aryl methyl sites for hydroxylation is 1. The van der Waals surface area contributed by atoms with Crippen LogP contribution in [0.15, 0.2) is 24.3 Å². The first-order chi connectivity index (χ1) is 13.5. The standard InChI is InChI=1S/C20H26N4O3S/c1-5-16-21-20-24(22-16)19(25)18(28-20)17(14-7-6-8-15(9-14)26-4)23-10-12(2)27-13(3)11-23/h6-9,12-13,17,25H,5,10-11H2,1-4H3/p+1/t12-,13+,17-/m1/s1. The van der Waals surface area contributed by atoms with Gasteiger partial charge in [0.15, 0.2) is 11.9 Å². The van der Waals surface area contributed by atoms with Crippen LogP contribution in [-0.2, 0) is 11.2 Å². The lowest BCUT2D eigenvalue weighted by Gasteiger charge is -2.37. The summed E-state index contributed by atoms with van der Waals surface area (Å²) in [5, 5.41) is 15.5. The number of nitrogens with one attached hydrogen (secondary N) is 1. The fraction of sp³-hybridized carbons (Fsp3) is 0.500. The van der Waals surface area contributed by atoms with Gasteiger partial charge >= 0.3 is 0 Å². The van der Waals surface area contributed by atoms with Crippen LogP contribution < -0.4 is 9.64 Å². The fourth-order valence-electron chi connectivity index (χ4n) is 4.07. The number of aromatic hydroxyl groups is 1. The maximum Gasteiger partial charge on any atom is 0.235 e. The Labute approximate surface area is 168 Å². The molecule has 2 N–H and O–H groups in total. The number of morpholine rings is 1. The van der Waals surface area contributed by atoms with E-state index in [1.54, 1.807) is 11.6 Å². The molecule has 7 nitrogen and oxygen atoms in total.